The zero-order valence-corrected chi connectivity index (χ0v) is 19.0. The SMILES string of the molecule is CN(C)C1(c2ccccc2)CCC2(CC1)CN(c1ccc(-c3ccncc3)s1)C(O)N2. The minimum absolute atomic E-state index is 0.0471. The lowest BCUT2D eigenvalue weighted by Crippen LogP contribution is -2.54. The van der Waals surface area contributed by atoms with Gasteiger partial charge in [-0.05, 0) is 75.2 Å². The number of hydrogen-bond donors (Lipinski definition) is 2. The molecule has 5 nitrogen and oxygen atoms in total. The number of aliphatic hydroxyl groups is 1. The highest BCUT2D eigenvalue weighted by Gasteiger charge is 2.50. The first-order valence-electron chi connectivity index (χ1n) is 11.0. The summed E-state index contributed by atoms with van der Waals surface area (Å²) < 4.78 is 0. The maximum atomic E-state index is 10.9. The summed E-state index contributed by atoms with van der Waals surface area (Å²) in [4.78, 5) is 9.82. The zero-order chi connectivity index (χ0) is 21.5. The molecule has 0 radical (unpaired) electrons. The zero-order valence-electron chi connectivity index (χ0n) is 18.2. The van der Waals surface area contributed by atoms with Crippen LogP contribution in [0.3, 0.4) is 0 Å². The van der Waals surface area contributed by atoms with Crippen LogP contribution in [0.15, 0.2) is 67.0 Å². The molecule has 1 aromatic carbocycles. The Kier molecular flexibility index (Phi) is 5.34. The smallest absolute Gasteiger partial charge is 0.185 e. The molecule has 1 aliphatic carbocycles. The van der Waals surface area contributed by atoms with E-state index in [1.165, 1.54) is 16.0 Å². The second-order valence-corrected chi connectivity index (χ2v) is 10.2. The largest absolute Gasteiger partial charge is 0.361 e. The van der Waals surface area contributed by atoms with Crippen molar-refractivity contribution in [3.8, 4) is 10.4 Å². The average molecular weight is 435 g/mol. The lowest BCUT2D eigenvalue weighted by atomic mass is 9.69. The van der Waals surface area contributed by atoms with Gasteiger partial charge >= 0.3 is 0 Å². The molecule has 1 atom stereocenters. The van der Waals surface area contributed by atoms with Crippen LogP contribution in [0, 0.1) is 0 Å². The van der Waals surface area contributed by atoms with Crippen molar-refractivity contribution in [3.63, 3.8) is 0 Å². The summed E-state index contributed by atoms with van der Waals surface area (Å²) >= 11 is 1.73. The Balaban J connectivity index is 1.34. The minimum Gasteiger partial charge on any atom is -0.361 e. The van der Waals surface area contributed by atoms with E-state index in [9.17, 15) is 5.11 Å². The van der Waals surface area contributed by atoms with Crippen molar-refractivity contribution in [2.24, 2.45) is 0 Å². The summed E-state index contributed by atoms with van der Waals surface area (Å²) in [6, 6.07) is 19.2. The van der Waals surface area contributed by atoms with Gasteiger partial charge in [0.2, 0.25) is 0 Å². The number of hydrogen-bond acceptors (Lipinski definition) is 6. The van der Waals surface area contributed by atoms with Crippen molar-refractivity contribution in [3.05, 3.63) is 72.6 Å². The molecule has 1 saturated carbocycles. The van der Waals surface area contributed by atoms with Crippen LogP contribution < -0.4 is 10.2 Å². The molecule has 2 N–H and O–H groups in total. The Morgan fingerprint density at radius 2 is 1.71 bits per heavy atom. The molecule has 31 heavy (non-hydrogen) atoms. The molecule has 3 aromatic rings. The van der Waals surface area contributed by atoms with Gasteiger partial charge in [0.1, 0.15) is 0 Å². The lowest BCUT2D eigenvalue weighted by Gasteiger charge is -2.49. The van der Waals surface area contributed by atoms with Crippen LogP contribution in [0.5, 0.6) is 0 Å². The van der Waals surface area contributed by atoms with Crippen LogP contribution in [0.4, 0.5) is 5.00 Å². The number of pyridine rings is 1. The quantitative estimate of drug-likeness (QED) is 0.642. The van der Waals surface area contributed by atoms with Crippen LogP contribution in [0.25, 0.3) is 10.4 Å². The normalized spacial score (nSPS) is 28.5. The monoisotopic (exact) mass is 434 g/mol. The molecular formula is C25H30N4OS. The third-order valence-corrected chi connectivity index (χ3v) is 8.42. The second kappa shape index (κ2) is 8.02. The number of benzene rings is 1. The fourth-order valence-corrected chi connectivity index (χ4v) is 6.38. The molecule has 162 valence electrons. The minimum atomic E-state index is -0.646. The maximum absolute atomic E-state index is 10.9. The fourth-order valence-electron chi connectivity index (χ4n) is 5.35. The van der Waals surface area contributed by atoms with Gasteiger partial charge in [-0.15, -0.1) is 11.3 Å². The van der Waals surface area contributed by atoms with Crippen LogP contribution in [0.1, 0.15) is 31.2 Å². The molecule has 0 amide bonds. The fraction of sp³-hybridized carbons (Fsp3) is 0.400. The summed E-state index contributed by atoms with van der Waals surface area (Å²) in [6.07, 6.45) is 7.22. The first-order chi connectivity index (χ1) is 15.0. The Bertz CT molecular complexity index is 1010. The first-order valence-corrected chi connectivity index (χ1v) is 11.8. The second-order valence-electron chi connectivity index (χ2n) is 9.09. The number of anilines is 1. The van der Waals surface area contributed by atoms with E-state index >= 15 is 0 Å². The Morgan fingerprint density at radius 1 is 1.00 bits per heavy atom. The topological polar surface area (TPSA) is 51.6 Å². The first kappa shape index (κ1) is 20.6. The molecule has 2 aliphatic rings. The number of nitrogens with one attached hydrogen (secondary N) is 1. The van der Waals surface area contributed by atoms with Crippen molar-refractivity contribution in [1.82, 2.24) is 15.2 Å². The van der Waals surface area contributed by atoms with Gasteiger partial charge < -0.3 is 10.0 Å². The number of aromatic nitrogens is 1. The highest BCUT2D eigenvalue weighted by Crippen LogP contribution is 2.47. The van der Waals surface area contributed by atoms with Crippen molar-refractivity contribution >= 4 is 16.3 Å². The van der Waals surface area contributed by atoms with Gasteiger partial charge in [0.05, 0.1) is 5.00 Å². The summed E-state index contributed by atoms with van der Waals surface area (Å²) in [5.74, 6) is 0. The molecule has 1 spiro atoms. The summed E-state index contributed by atoms with van der Waals surface area (Å²) in [7, 11) is 4.39. The molecule has 0 bridgehead atoms. The lowest BCUT2D eigenvalue weighted by molar-refractivity contribution is 0.0513. The highest BCUT2D eigenvalue weighted by atomic mass is 32.1. The van der Waals surface area contributed by atoms with E-state index in [0.717, 1.165) is 37.2 Å². The van der Waals surface area contributed by atoms with Gasteiger partial charge in [-0.2, -0.15) is 0 Å². The van der Waals surface area contributed by atoms with E-state index in [2.05, 4.69) is 76.7 Å². The van der Waals surface area contributed by atoms with Gasteiger partial charge in [0.15, 0.2) is 6.35 Å². The number of rotatable bonds is 4. The van der Waals surface area contributed by atoms with Gasteiger partial charge in [0, 0.05) is 34.9 Å². The Labute approximate surface area is 188 Å². The molecule has 1 unspecified atom stereocenters. The molecule has 3 heterocycles. The average Bonchev–Trinajstić information content (AvgIpc) is 3.40. The number of thiophene rings is 1. The summed E-state index contributed by atoms with van der Waals surface area (Å²) in [5, 5.41) is 15.6. The third kappa shape index (κ3) is 3.68. The highest BCUT2D eigenvalue weighted by molar-refractivity contribution is 7.19. The molecule has 5 rings (SSSR count). The van der Waals surface area contributed by atoms with Gasteiger partial charge in [-0.25, -0.2) is 0 Å². The Hall–Kier alpha value is -2.25. The Morgan fingerprint density at radius 3 is 2.39 bits per heavy atom. The van der Waals surface area contributed by atoms with Gasteiger partial charge in [-0.1, -0.05) is 30.3 Å². The van der Waals surface area contributed by atoms with E-state index in [4.69, 9.17) is 0 Å². The van der Waals surface area contributed by atoms with Crippen LogP contribution in [-0.2, 0) is 5.54 Å². The van der Waals surface area contributed by atoms with Crippen molar-refractivity contribution in [2.45, 2.75) is 43.1 Å². The summed E-state index contributed by atoms with van der Waals surface area (Å²) in [5.41, 5.74) is 2.57. The van der Waals surface area contributed by atoms with Crippen LogP contribution >= 0.6 is 11.3 Å². The van der Waals surface area contributed by atoms with E-state index in [0.29, 0.717) is 0 Å². The van der Waals surface area contributed by atoms with Crippen LogP contribution in [0.2, 0.25) is 0 Å². The van der Waals surface area contributed by atoms with Crippen molar-refractivity contribution in [2.75, 3.05) is 25.5 Å². The molecule has 1 aliphatic heterocycles. The number of nitrogens with zero attached hydrogens (tertiary/aromatic N) is 3. The predicted molar refractivity (Wildman–Crippen MR) is 127 cm³/mol. The molecular weight excluding hydrogens is 404 g/mol. The number of aliphatic hydroxyl groups excluding tert-OH is 1. The molecule has 6 heteroatoms. The van der Waals surface area contributed by atoms with E-state index in [1.54, 1.807) is 11.3 Å². The van der Waals surface area contributed by atoms with Crippen molar-refractivity contribution < 1.29 is 5.11 Å². The van der Waals surface area contributed by atoms with Gasteiger partial charge in [0.25, 0.3) is 0 Å². The van der Waals surface area contributed by atoms with Gasteiger partial charge in [-0.3, -0.25) is 15.2 Å². The molecule has 2 aromatic heterocycles. The predicted octanol–water partition coefficient (Wildman–Crippen LogP) is 4.27. The van der Waals surface area contributed by atoms with E-state index in [1.807, 2.05) is 24.5 Å². The van der Waals surface area contributed by atoms with E-state index < -0.39 is 6.35 Å². The summed E-state index contributed by atoms with van der Waals surface area (Å²) in [6.45, 7) is 0.836. The standard InChI is InChI=1S/C25H30N4OS/c1-28(2)25(20-6-4-3-5-7-20)14-12-24(13-15-25)18-29(23(30)27-24)22-9-8-21(31-22)19-10-16-26-17-11-19/h3-11,16-17,23,27,30H,12-15,18H2,1-2H3. The van der Waals surface area contributed by atoms with Crippen molar-refractivity contribution in [1.29, 1.82) is 0 Å². The molecule has 2 fully saturated rings. The third-order valence-electron chi connectivity index (χ3n) is 7.24. The molecule has 1 saturated heterocycles. The van der Waals surface area contributed by atoms with Crippen LogP contribution in [-0.4, -0.2) is 47.5 Å². The van der Waals surface area contributed by atoms with E-state index in [-0.39, 0.29) is 11.1 Å². The maximum Gasteiger partial charge on any atom is 0.185 e.